The predicted octanol–water partition coefficient (Wildman–Crippen LogP) is 17.7. The minimum atomic E-state index is -0.756. The van der Waals surface area contributed by atoms with E-state index in [9.17, 15) is 0 Å². The molecule has 3 heterocycles. The molecule has 0 aliphatic heterocycles. The molecule has 0 saturated heterocycles. The van der Waals surface area contributed by atoms with Gasteiger partial charge in [0, 0.05) is 55.1 Å². The van der Waals surface area contributed by atoms with E-state index in [2.05, 4.69) is 255 Å². The topological polar surface area (TPSA) is 34.5 Å². The zero-order valence-electron chi connectivity index (χ0n) is 38.6. The molecule has 13 aromatic rings. The van der Waals surface area contributed by atoms with Crippen LogP contribution in [0.25, 0.3) is 82.5 Å². The second-order valence-electron chi connectivity index (χ2n) is 19.6. The summed E-state index contributed by atoms with van der Waals surface area (Å²) in [5.41, 5.74) is 17.2. The lowest BCUT2D eigenvalue weighted by Gasteiger charge is -2.35. The van der Waals surface area contributed by atoms with Gasteiger partial charge in [0.25, 0.3) is 0 Å². The smallest absolute Gasteiger partial charge is 0.145 e. The summed E-state index contributed by atoms with van der Waals surface area (Å²) in [7, 11) is 0. The number of benzene rings is 10. The van der Waals surface area contributed by atoms with Crippen molar-refractivity contribution in [3.63, 3.8) is 0 Å². The van der Waals surface area contributed by atoms with Crippen molar-refractivity contribution in [2.24, 2.45) is 0 Å². The Kier molecular flexibility index (Phi) is 8.43. The second kappa shape index (κ2) is 14.7. The van der Waals surface area contributed by atoms with Gasteiger partial charge in [-0.25, -0.2) is 0 Å². The molecule has 0 fully saturated rings. The van der Waals surface area contributed by atoms with Crippen molar-refractivity contribution in [3.8, 4) is 16.8 Å². The molecule has 14 rings (SSSR count). The van der Waals surface area contributed by atoms with E-state index in [-0.39, 0.29) is 5.41 Å². The number of rotatable bonds is 6. The molecule has 1 aliphatic carbocycles. The second-order valence-corrected chi connectivity index (χ2v) is 19.6. The Bertz CT molecular complexity index is 4110. The summed E-state index contributed by atoms with van der Waals surface area (Å²) in [4.78, 5) is 2.48. The molecule has 0 N–H and O–H groups in total. The summed E-state index contributed by atoms with van der Waals surface area (Å²) in [6.07, 6.45) is 0. The third-order valence-corrected chi connectivity index (χ3v) is 14.8. The Labute approximate surface area is 399 Å². The Morgan fingerprint density at radius 3 is 1.65 bits per heavy atom. The van der Waals surface area contributed by atoms with Crippen molar-refractivity contribution in [1.82, 2.24) is 4.57 Å². The van der Waals surface area contributed by atoms with Crippen LogP contribution >= 0.6 is 0 Å². The van der Waals surface area contributed by atoms with Gasteiger partial charge in [-0.2, -0.15) is 0 Å². The van der Waals surface area contributed by atoms with Gasteiger partial charge in [-0.05, 0) is 93.9 Å². The number of hydrogen-bond acceptors (Lipinski definition) is 3. The van der Waals surface area contributed by atoms with E-state index < -0.39 is 5.41 Å². The highest BCUT2D eigenvalue weighted by molar-refractivity contribution is 6.23. The SMILES string of the molecule is CC(C)(C)c1ccc(N(c2ccc3c4ccccc4n(-c4ccccc4)c3c2)c2cc3c(c4oc5ccccc5c24)-c2c(ccc4c2oc2ccccc24)C3(c2ccccc2)c2ccccc2)cc1. The third kappa shape index (κ3) is 5.63. The van der Waals surface area contributed by atoms with Crippen LogP contribution in [-0.2, 0) is 10.8 Å². The standard InChI is InChI=1S/C65H46N2O2/c1-64(2,3)41-31-33-45(34-32-41)66(46-35-36-48-47-25-13-16-28-54(47)67(55(48)39-46)44-23-11-6-12-24-44)56-40-53-61(63-59(56)51-27-15-18-30-58(51)69-63)60-52(38-37-50-49-26-14-17-29-57(49)68-62(50)60)65(53,42-19-7-4-8-20-42)43-21-9-5-10-22-43/h4-40H,1-3H3. The Hall–Kier alpha value is -8.60. The van der Waals surface area contributed by atoms with Crippen LogP contribution in [0.3, 0.4) is 0 Å². The average Bonchev–Trinajstić information content (AvgIpc) is 4.14. The van der Waals surface area contributed by atoms with Gasteiger partial charge in [0.05, 0.1) is 27.5 Å². The average molecular weight is 887 g/mol. The van der Waals surface area contributed by atoms with Crippen LogP contribution in [0.4, 0.5) is 17.1 Å². The van der Waals surface area contributed by atoms with Crippen LogP contribution in [0.15, 0.2) is 233 Å². The number of anilines is 3. The van der Waals surface area contributed by atoms with Crippen molar-refractivity contribution in [3.05, 3.63) is 252 Å². The van der Waals surface area contributed by atoms with Gasteiger partial charge in [-0.3, -0.25) is 0 Å². The largest absolute Gasteiger partial charge is 0.455 e. The molecule has 4 heteroatoms. The van der Waals surface area contributed by atoms with E-state index in [0.29, 0.717) is 0 Å². The highest BCUT2D eigenvalue weighted by atomic mass is 16.3. The molecule has 0 amide bonds. The Morgan fingerprint density at radius 1 is 0.420 bits per heavy atom. The minimum absolute atomic E-state index is 0.0285. The van der Waals surface area contributed by atoms with E-state index in [0.717, 1.165) is 94.4 Å². The molecule has 3 aromatic heterocycles. The lowest BCUT2D eigenvalue weighted by Crippen LogP contribution is -2.28. The van der Waals surface area contributed by atoms with E-state index in [1.165, 1.54) is 33.0 Å². The van der Waals surface area contributed by atoms with Gasteiger partial charge < -0.3 is 18.3 Å². The molecule has 1 aliphatic rings. The number of aromatic nitrogens is 1. The van der Waals surface area contributed by atoms with Gasteiger partial charge >= 0.3 is 0 Å². The van der Waals surface area contributed by atoms with Gasteiger partial charge in [0.15, 0.2) is 0 Å². The predicted molar refractivity (Wildman–Crippen MR) is 286 cm³/mol. The van der Waals surface area contributed by atoms with Crippen molar-refractivity contribution in [2.75, 3.05) is 4.90 Å². The van der Waals surface area contributed by atoms with Crippen molar-refractivity contribution in [1.29, 1.82) is 0 Å². The van der Waals surface area contributed by atoms with E-state index in [1.54, 1.807) is 0 Å². The van der Waals surface area contributed by atoms with Crippen LogP contribution in [0.1, 0.15) is 48.6 Å². The van der Waals surface area contributed by atoms with Gasteiger partial charge in [-0.15, -0.1) is 0 Å². The monoisotopic (exact) mass is 886 g/mol. The first-order valence-corrected chi connectivity index (χ1v) is 23.9. The summed E-state index contributed by atoms with van der Waals surface area (Å²) in [5.74, 6) is 0. The maximum Gasteiger partial charge on any atom is 0.145 e. The quantitative estimate of drug-likeness (QED) is 0.167. The highest BCUT2D eigenvalue weighted by Crippen LogP contribution is 2.62. The Balaban J connectivity index is 1.16. The third-order valence-electron chi connectivity index (χ3n) is 14.8. The summed E-state index contributed by atoms with van der Waals surface area (Å²) >= 11 is 0. The van der Waals surface area contributed by atoms with Crippen LogP contribution in [-0.4, -0.2) is 4.57 Å². The molecule has 0 radical (unpaired) electrons. The first-order valence-electron chi connectivity index (χ1n) is 23.9. The van der Waals surface area contributed by atoms with Crippen molar-refractivity contribution < 1.29 is 8.83 Å². The molecule has 4 nitrogen and oxygen atoms in total. The number of furan rings is 2. The maximum atomic E-state index is 7.38. The number of nitrogens with zero attached hydrogens (tertiary/aromatic N) is 2. The Morgan fingerprint density at radius 2 is 0.957 bits per heavy atom. The molecule has 328 valence electrons. The minimum Gasteiger partial charge on any atom is -0.455 e. The zero-order valence-corrected chi connectivity index (χ0v) is 38.6. The number of hydrogen-bond donors (Lipinski definition) is 0. The number of fused-ring (bicyclic) bond motifs is 14. The summed E-state index contributed by atoms with van der Waals surface area (Å²) in [6.45, 7) is 6.84. The summed E-state index contributed by atoms with van der Waals surface area (Å²) in [5, 5.41) is 6.70. The molecule has 0 unspecified atom stereocenters. The molecule has 0 bridgehead atoms. The molecular formula is C65H46N2O2. The van der Waals surface area contributed by atoms with Gasteiger partial charge in [0.1, 0.15) is 22.3 Å². The molecule has 69 heavy (non-hydrogen) atoms. The van der Waals surface area contributed by atoms with Crippen molar-refractivity contribution >= 4 is 82.7 Å². The zero-order chi connectivity index (χ0) is 46.0. The van der Waals surface area contributed by atoms with Crippen LogP contribution in [0.5, 0.6) is 0 Å². The van der Waals surface area contributed by atoms with Gasteiger partial charge in [-0.1, -0.05) is 185 Å². The summed E-state index contributed by atoms with van der Waals surface area (Å²) in [6, 6.07) is 81.8. The first-order chi connectivity index (χ1) is 33.9. The fourth-order valence-corrected chi connectivity index (χ4v) is 11.8. The van der Waals surface area contributed by atoms with E-state index in [4.69, 9.17) is 8.83 Å². The van der Waals surface area contributed by atoms with Crippen LogP contribution < -0.4 is 4.90 Å². The maximum absolute atomic E-state index is 7.38. The molecular weight excluding hydrogens is 841 g/mol. The fraction of sp³-hybridized carbons (Fsp3) is 0.0769. The van der Waals surface area contributed by atoms with Crippen LogP contribution in [0, 0.1) is 0 Å². The van der Waals surface area contributed by atoms with E-state index in [1.807, 2.05) is 0 Å². The highest BCUT2D eigenvalue weighted by Gasteiger charge is 2.50. The molecule has 0 spiro atoms. The lowest BCUT2D eigenvalue weighted by atomic mass is 9.67. The first kappa shape index (κ1) is 39.6. The lowest BCUT2D eigenvalue weighted by molar-refractivity contribution is 0.590. The molecule has 0 saturated carbocycles. The van der Waals surface area contributed by atoms with Crippen molar-refractivity contribution in [2.45, 2.75) is 31.6 Å². The molecule has 0 atom stereocenters. The van der Waals surface area contributed by atoms with E-state index >= 15 is 0 Å². The number of para-hydroxylation sites is 4. The van der Waals surface area contributed by atoms with Gasteiger partial charge in [0.2, 0.25) is 0 Å². The fourth-order valence-electron chi connectivity index (χ4n) is 11.8. The van der Waals surface area contributed by atoms with Crippen LogP contribution in [0.2, 0.25) is 0 Å². The molecule has 10 aromatic carbocycles. The normalized spacial score (nSPS) is 13.3. The summed E-state index contributed by atoms with van der Waals surface area (Å²) < 4.78 is 16.8.